The van der Waals surface area contributed by atoms with Gasteiger partial charge in [-0.1, -0.05) is 6.07 Å². The zero-order valence-corrected chi connectivity index (χ0v) is 10.8. The summed E-state index contributed by atoms with van der Waals surface area (Å²) in [5, 5.41) is 1.35. The molecule has 1 aromatic carbocycles. The van der Waals surface area contributed by atoms with Gasteiger partial charge in [0.15, 0.2) is 0 Å². The zero-order valence-electron chi connectivity index (χ0n) is 10.8. The number of aryl methyl sites for hydroxylation is 2. The summed E-state index contributed by atoms with van der Waals surface area (Å²) >= 11 is 0. The van der Waals surface area contributed by atoms with Crippen LogP contribution in [0.25, 0.3) is 10.9 Å². The Bertz CT molecular complexity index is 574. The molecule has 2 heteroatoms. The van der Waals surface area contributed by atoms with Crippen molar-refractivity contribution in [2.75, 3.05) is 0 Å². The first-order chi connectivity index (χ1) is 8.04. The highest BCUT2D eigenvalue weighted by molar-refractivity contribution is 5.85. The van der Waals surface area contributed by atoms with Crippen LogP contribution in [0.5, 0.6) is 0 Å². The molecule has 2 nitrogen and oxygen atoms in total. The van der Waals surface area contributed by atoms with Crippen molar-refractivity contribution in [3.05, 3.63) is 35.0 Å². The Kier molecular flexibility index (Phi) is 2.14. The molecule has 0 spiro atoms. The van der Waals surface area contributed by atoms with Gasteiger partial charge in [0.2, 0.25) is 0 Å². The monoisotopic (exact) mass is 228 g/mol. The first-order valence-electron chi connectivity index (χ1n) is 6.39. The van der Waals surface area contributed by atoms with Crippen LogP contribution in [-0.4, -0.2) is 11.0 Å². The van der Waals surface area contributed by atoms with Gasteiger partial charge in [-0.2, -0.15) is 0 Å². The quantitative estimate of drug-likeness (QED) is 0.814. The van der Waals surface area contributed by atoms with Crippen molar-refractivity contribution in [3.63, 3.8) is 0 Å². The number of hydrogen-bond donors (Lipinski definition) is 2. The van der Waals surface area contributed by atoms with Crippen LogP contribution in [0.2, 0.25) is 0 Å². The number of aromatic nitrogens is 1. The van der Waals surface area contributed by atoms with Gasteiger partial charge in [0, 0.05) is 28.1 Å². The van der Waals surface area contributed by atoms with E-state index in [0.717, 1.165) is 0 Å². The van der Waals surface area contributed by atoms with Gasteiger partial charge < -0.3 is 10.7 Å². The number of rotatable bonds is 2. The summed E-state index contributed by atoms with van der Waals surface area (Å²) in [5.74, 6) is 0. The van der Waals surface area contributed by atoms with E-state index in [2.05, 4.69) is 44.0 Å². The fourth-order valence-corrected chi connectivity index (χ4v) is 2.91. The first kappa shape index (κ1) is 10.8. The summed E-state index contributed by atoms with van der Waals surface area (Å²) < 4.78 is 0. The highest BCUT2D eigenvalue weighted by atomic mass is 14.7. The Balaban J connectivity index is 2.17. The van der Waals surface area contributed by atoms with E-state index in [4.69, 9.17) is 5.73 Å². The second-order valence-corrected chi connectivity index (χ2v) is 5.58. The van der Waals surface area contributed by atoms with Crippen LogP contribution in [0.3, 0.4) is 0 Å². The minimum absolute atomic E-state index is 0.250. The third-order valence-electron chi connectivity index (χ3n) is 4.54. The van der Waals surface area contributed by atoms with Gasteiger partial charge in [-0.05, 0) is 56.9 Å². The molecule has 3 rings (SSSR count). The molecule has 1 saturated carbocycles. The van der Waals surface area contributed by atoms with Crippen molar-refractivity contribution in [3.8, 4) is 0 Å². The van der Waals surface area contributed by atoms with Gasteiger partial charge in [-0.15, -0.1) is 0 Å². The number of benzene rings is 1. The highest BCUT2D eigenvalue weighted by Gasteiger charge is 2.47. The van der Waals surface area contributed by atoms with Crippen LogP contribution in [0.15, 0.2) is 18.2 Å². The highest BCUT2D eigenvalue weighted by Crippen LogP contribution is 2.50. The molecular weight excluding hydrogens is 208 g/mol. The summed E-state index contributed by atoms with van der Waals surface area (Å²) in [5.41, 5.74) is 11.7. The molecule has 1 unspecified atom stereocenters. The summed E-state index contributed by atoms with van der Waals surface area (Å²) in [4.78, 5) is 3.42. The normalized spacial score (nSPS) is 19.5. The number of aromatic amines is 1. The van der Waals surface area contributed by atoms with Gasteiger partial charge in [0.1, 0.15) is 0 Å². The van der Waals surface area contributed by atoms with E-state index in [-0.39, 0.29) is 11.5 Å². The Labute approximate surface area is 102 Å². The molecule has 2 aromatic rings. The van der Waals surface area contributed by atoms with E-state index in [0.29, 0.717) is 0 Å². The Morgan fingerprint density at radius 1 is 1.29 bits per heavy atom. The molecule has 0 amide bonds. The van der Waals surface area contributed by atoms with Gasteiger partial charge in [0.25, 0.3) is 0 Å². The molecule has 1 atom stereocenters. The number of fused-ring (bicyclic) bond motifs is 1. The molecule has 1 aliphatic carbocycles. The average Bonchev–Trinajstić information content (AvgIpc) is 3.05. The summed E-state index contributed by atoms with van der Waals surface area (Å²) in [6.07, 6.45) is 2.47. The fourth-order valence-electron chi connectivity index (χ4n) is 2.91. The maximum atomic E-state index is 6.14. The number of nitrogens with two attached hydrogens (primary N) is 1. The van der Waals surface area contributed by atoms with Crippen molar-refractivity contribution in [2.45, 2.75) is 45.1 Å². The standard InChI is InChI=1S/C15H20N2/c1-9-10(2)17-14-5-4-12(8-13(9)14)15(6-7-15)11(3)16/h4-5,8,11,17H,6-7,16H2,1-3H3. The second-order valence-electron chi connectivity index (χ2n) is 5.58. The van der Waals surface area contributed by atoms with Crippen molar-refractivity contribution in [2.24, 2.45) is 5.73 Å². The first-order valence-corrected chi connectivity index (χ1v) is 6.39. The fraction of sp³-hybridized carbons (Fsp3) is 0.467. The van der Waals surface area contributed by atoms with Crippen LogP contribution >= 0.6 is 0 Å². The zero-order chi connectivity index (χ0) is 12.2. The van der Waals surface area contributed by atoms with E-state index in [1.807, 2.05) is 0 Å². The molecule has 17 heavy (non-hydrogen) atoms. The lowest BCUT2D eigenvalue weighted by Gasteiger charge is -2.20. The predicted molar refractivity (Wildman–Crippen MR) is 72.3 cm³/mol. The largest absolute Gasteiger partial charge is 0.358 e. The predicted octanol–water partition coefficient (Wildman–Crippen LogP) is 3.16. The van der Waals surface area contributed by atoms with Crippen molar-refractivity contribution in [1.82, 2.24) is 4.98 Å². The van der Waals surface area contributed by atoms with Crippen LogP contribution in [0, 0.1) is 13.8 Å². The van der Waals surface area contributed by atoms with Crippen LogP contribution in [-0.2, 0) is 5.41 Å². The topological polar surface area (TPSA) is 41.8 Å². The molecule has 1 fully saturated rings. The lowest BCUT2D eigenvalue weighted by atomic mass is 9.88. The molecule has 90 valence electrons. The number of nitrogens with one attached hydrogen (secondary N) is 1. The summed E-state index contributed by atoms with van der Waals surface area (Å²) in [7, 11) is 0. The third kappa shape index (κ3) is 1.44. The lowest BCUT2D eigenvalue weighted by molar-refractivity contribution is 0.557. The third-order valence-corrected chi connectivity index (χ3v) is 4.54. The van der Waals surface area contributed by atoms with Crippen LogP contribution < -0.4 is 5.73 Å². The average molecular weight is 228 g/mol. The van der Waals surface area contributed by atoms with E-state index in [1.165, 1.54) is 40.6 Å². The molecule has 1 aromatic heterocycles. The van der Waals surface area contributed by atoms with E-state index >= 15 is 0 Å². The number of H-pyrrole nitrogens is 1. The Morgan fingerprint density at radius 3 is 2.59 bits per heavy atom. The molecular formula is C15H20N2. The van der Waals surface area contributed by atoms with E-state index in [1.54, 1.807) is 0 Å². The van der Waals surface area contributed by atoms with Crippen molar-refractivity contribution < 1.29 is 0 Å². The SMILES string of the molecule is Cc1[nH]c2ccc(C3(C(C)N)CC3)cc2c1C. The minimum Gasteiger partial charge on any atom is -0.358 e. The maximum absolute atomic E-state index is 6.14. The maximum Gasteiger partial charge on any atom is 0.0458 e. The van der Waals surface area contributed by atoms with Crippen molar-refractivity contribution in [1.29, 1.82) is 0 Å². The molecule has 3 N–H and O–H groups in total. The Hall–Kier alpha value is -1.28. The van der Waals surface area contributed by atoms with E-state index in [9.17, 15) is 0 Å². The smallest absolute Gasteiger partial charge is 0.0458 e. The lowest BCUT2D eigenvalue weighted by Crippen LogP contribution is -2.31. The molecule has 0 radical (unpaired) electrons. The summed E-state index contributed by atoms with van der Waals surface area (Å²) in [6.45, 7) is 6.45. The molecule has 1 aliphatic rings. The minimum atomic E-state index is 0.250. The molecule has 0 bridgehead atoms. The second kappa shape index (κ2) is 3.36. The van der Waals surface area contributed by atoms with Gasteiger partial charge in [-0.3, -0.25) is 0 Å². The molecule has 1 heterocycles. The molecule has 0 aliphatic heterocycles. The Morgan fingerprint density at radius 2 is 2.00 bits per heavy atom. The number of hydrogen-bond acceptors (Lipinski definition) is 1. The summed E-state index contributed by atoms with van der Waals surface area (Å²) in [6, 6.07) is 7.03. The van der Waals surface area contributed by atoms with Crippen LogP contribution in [0.1, 0.15) is 36.6 Å². The molecule has 0 saturated heterocycles. The van der Waals surface area contributed by atoms with Crippen LogP contribution in [0.4, 0.5) is 0 Å². The van der Waals surface area contributed by atoms with Gasteiger partial charge >= 0.3 is 0 Å². The van der Waals surface area contributed by atoms with Gasteiger partial charge in [0.05, 0.1) is 0 Å². The van der Waals surface area contributed by atoms with Crippen molar-refractivity contribution >= 4 is 10.9 Å². The van der Waals surface area contributed by atoms with E-state index < -0.39 is 0 Å². The van der Waals surface area contributed by atoms with Gasteiger partial charge in [-0.25, -0.2) is 0 Å².